The minimum absolute atomic E-state index is 0.0882. The van der Waals surface area contributed by atoms with Crippen LogP contribution in [0.1, 0.15) is 11.1 Å². The number of hydrogen-bond acceptors (Lipinski definition) is 3. The topological polar surface area (TPSA) is 38.7 Å². The van der Waals surface area contributed by atoms with Crippen LogP contribution in [-0.2, 0) is 13.2 Å². The van der Waals surface area contributed by atoms with Crippen molar-refractivity contribution in [2.75, 3.05) is 0 Å². The van der Waals surface area contributed by atoms with E-state index < -0.39 is 11.6 Å². The molecular weight excluding hydrogens is 307 g/mol. The second-order valence-electron chi connectivity index (χ2n) is 5.27. The standard InChI is InChI=1S/C20H17FO3/c21-19-17(22)11-12-18(23-13-15-7-3-1-4-8-15)20(19)24-14-16-9-5-2-6-10-16/h1-12,22H,13-14H2. The Morgan fingerprint density at radius 3 is 1.83 bits per heavy atom. The SMILES string of the molecule is Oc1ccc(OCc2ccccc2)c(OCc2ccccc2)c1F. The summed E-state index contributed by atoms with van der Waals surface area (Å²) in [6, 6.07) is 21.7. The summed E-state index contributed by atoms with van der Waals surface area (Å²) >= 11 is 0. The largest absolute Gasteiger partial charge is 0.505 e. The van der Waals surface area contributed by atoms with Crippen LogP contribution in [-0.4, -0.2) is 5.11 Å². The van der Waals surface area contributed by atoms with Gasteiger partial charge >= 0.3 is 0 Å². The van der Waals surface area contributed by atoms with Gasteiger partial charge in [-0.3, -0.25) is 0 Å². The number of benzene rings is 3. The van der Waals surface area contributed by atoms with Gasteiger partial charge in [0.2, 0.25) is 11.6 Å². The van der Waals surface area contributed by atoms with Gasteiger partial charge in [0.05, 0.1) is 0 Å². The van der Waals surface area contributed by atoms with Crippen LogP contribution in [0, 0.1) is 5.82 Å². The molecule has 0 aliphatic rings. The van der Waals surface area contributed by atoms with E-state index in [1.54, 1.807) is 0 Å². The van der Waals surface area contributed by atoms with Gasteiger partial charge in [-0.15, -0.1) is 0 Å². The Labute approximate surface area is 139 Å². The first-order chi connectivity index (χ1) is 11.7. The van der Waals surface area contributed by atoms with Gasteiger partial charge in [0.15, 0.2) is 11.5 Å². The van der Waals surface area contributed by atoms with Crippen molar-refractivity contribution in [1.82, 2.24) is 0 Å². The maximum absolute atomic E-state index is 14.2. The van der Waals surface area contributed by atoms with Crippen molar-refractivity contribution in [2.45, 2.75) is 13.2 Å². The molecule has 0 spiro atoms. The van der Waals surface area contributed by atoms with Crippen molar-refractivity contribution >= 4 is 0 Å². The Morgan fingerprint density at radius 2 is 1.25 bits per heavy atom. The Kier molecular flexibility index (Phi) is 4.96. The van der Waals surface area contributed by atoms with E-state index in [-0.39, 0.29) is 24.7 Å². The first-order valence-corrected chi connectivity index (χ1v) is 7.59. The summed E-state index contributed by atoms with van der Waals surface area (Å²) in [4.78, 5) is 0. The lowest BCUT2D eigenvalue weighted by atomic mass is 10.2. The van der Waals surface area contributed by atoms with Gasteiger partial charge in [0.1, 0.15) is 13.2 Å². The lowest BCUT2D eigenvalue weighted by molar-refractivity contribution is 0.242. The molecule has 122 valence electrons. The summed E-state index contributed by atoms with van der Waals surface area (Å²) in [5, 5.41) is 9.60. The molecule has 3 rings (SSSR count). The third-order valence-corrected chi connectivity index (χ3v) is 3.50. The molecule has 0 unspecified atom stereocenters. The van der Waals surface area contributed by atoms with Crippen LogP contribution in [0.4, 0.5) is 4.39 Å². The number of aromatic hydroxyl groups is 1. The average molecular weight is 324 g/mol. The van der Waals surface area contributed by atoms with Crippen molar-refractivity contribution in [3.8, 4) is 17.2 Å². The molecule has 0 aliphatic carbocycles. The van der Waals surface area contributed by atoms with Crippen molar-refractivity contribution in [1.29, 1.82) is 0 Å². The normalized spacial score (nSPS) is 10.4. The van der Waals surface area contributed by atoms with Gasteiger partial charge in [-0.1, -0.05) is 60.7 Å². The van der Waals surface area contributed by atoms with Crippen LogP contribution < -0.4 is 9.47 Å². The Morgan fingerprint density at radius 1 is 0.708 bits per heavy atom. The Balaban J connectivity index is 1.77. The number of rotatable bonds is 6. The minimum atomic E-state index is -0.823. The lowest BCUT2D eigenvalue weighted by Gasteiger charge is -2.14. The number of halogens is 1. The van der Waals surface area contributed by atoms with E-state index in [1.807, 2.05) is 60.7 Å². The van der Waals surface area contributed by atoms with Crippen molar-refractivity contribution < 1.29 is 19.0 Å². The fraction of sp³-hybridized carbons (Fsp3) is 0.100. The van der Waals surface area contributed by atoms with Gasteiger partial charge in [0, 0.05) is 0 Å². The fourth-order valence-corrected chi connectivity index (χ4v) is 2.24. The highest BCUT2D eigenvalue weighted by atomic mass is 19.1. The molecule has 3 aromatic carbocycles. The van der Waals surface area contributed by atoms with Crippen molar-refractivity contribution in [3.63, 3.8) is 0 Å². The van der Waals surface area contributed by atoms with Crippen LogP contribution in [0.15, 0.2) is 72.8 Å². The molecule has 0 aliphatic heterocycles. The van der Waals surface area contributed by atoms with Gasteiger partial charge in [-0.25, -0.2) is 0 Å². The number of hydrogen-bond donors (Lipinski definition) is 1. The summed E-state index contributed by atoms with van der Waals surface area (Å²) in [5.74, 6) is -1.12. The summed E-state index contributed by atoms with van der Waals surface area (Å²) < 4.78 is 25.5. The van der Waals surface area contributed by atoms with E-state index in [0.717, 1.165) is 11.1 Å². The maximum atomic E-state index is 14.2. The van der Waals surface area contributed by atoms with Crippen molar-refractivity contribution in [3.05, 3.63) is 89.7 Å². The van der Waals surface area contributed by atoms with Gasteiger partial charge in [-0.05, 0) is 23.3 Å². The lowest BCUT2D eigenvalue weighted by Crippen LogP contribution is -2.02. The molecule has 4 heteroatoms. The van der Waals surface area contributed by atoms with Gasteiger partial charge in [-0.2, -0.15) is 4.39 Å². The van der Waals surface area contributed by atoms with Crippen LogP contribution in [0.3, 0.4) is 0 Å². The third-order valence-electron chi connectivity index (χ3n) is 3.50. The second kappa shape index (κ2) is 7.51. The predicted molar refractivity (Wildman–Crippen MR) is 89.6 cm³/mol. The molecule has 1 N–H and O–H groups in total. The first kappa shape index (κ1) is 15.9. The van der Waals surface area contributed by atoms with Crippen LogP contribution in [0.25, 0.3) is 0 Å². The molecule has 0 bridgehead atoms. The first-order valence-electron chi connectivity index (χ1n) is 7.59. The fourth-order valence-electron chi connectivity index (χ4n) is 2.24. The molecular formula is C20H17FO3. The van der Waals surface area contributed by atoms with Crippen molar-refractivity contribution in [2.24, 2.45) is 0 Å². The molecule has 0 heterocycles. The van der Waals surface area contributed by atoms with Crippen LogP contribution in [0.5, 0.6) is 17.2 Å². The highest BCUT2D eigenvalue weighted by Crippen LogP contribution is 2.36. The number of ether oxygens (including phenoxy) is 2. The summed E-state index contributed by atoms with van der Waals surface area (Å²) in [6.07, 6.45) is 0. The highest BCUT2D eigenvalue weighted by Gasteiger charge is 2.16. The second-order valence-corrected chi connectivity index (χ2v) is 5.27. The monoisotopic (exact) mass is 324 g/mol. The zero-order valence-corrected chi connectivity index (χ0v) is 13.0. The zero-order valence-electron chi connectivity index (χ0n) is 13.0. The molecule has 3 nitrogen and oxygen atoms in total. The molecule has 0 saturated carbocycles. The Bertz CT molecular complexity index is 789. The Hall–Kier alpha value is -3.01. The smallest absolute Gasteiger partial charge is 0.210 e. The molecule has 0 aromatic heterocycles. The quantitative estimate of drug-likeness (QED) is 0.715. The highest BCUT2D eigenvalue weighted by molar-refractivity contribution is 5.47. The van der Waals surface area contributed by atoms with E-state index in [4.69, 9.17) is 9.47 Å². The predicted octanol–water partition coefficient (Wildman–Crippen LogP) is 4.69. The molecule has 24 heavy (non-hydrogen) atoms. The molecule has 0 saturated heterocycles. The maximum Gasteiger partial charge on any atom is 0.210 e. The number of phenolic OH excluding ortho intramolecular Hbond substituents is 1. The molecule has 3 aromatic rings. The molecule has 0 amide bonds. The summed E-state index contributed by atoms with van der Waals surface area (Å²) in [6.45, 7) is 0.468. The summed E-state index contributed by atoms with van der Waals surface area (Å²) in [5.41, 5.74) is 1.86. The van der Waals surface area contributed by atoms with Gasteiger partial charge in [0.25, 0.3) is 0 Å². The van der Waals surface area contributed by atoms with E-state index >= 15 is 0 Å². The average Bonchev–Trinajstić information content (AvgIpc) is 2.63. The van der Waals surface area contributed by atoms with E-state index in [9.17, 15) is 9.50 Å². The molecule has 0 fully saturated rings. The molecule has 0 atom stereocenters. The van der Waals surface area contributed by atoms with E-state index in [2.05, 4.69) is 0 Å². The minimum Gasteiger partial charge on any atom is -0.505 e. The van der Waals surface area contributed by atoms with Crippen LogP contribution in [0.2, 0.25) is 0 Å². The van der Waals surface area contributed by atoms with Gasteiger partial charge < -0.3 is 14.6 Å². The van der Waals surface area contributed by atoms with E-state index in [0.29, 0.717) is 0 Å². The third kappa shape index (κ3) is 3.84. The van der Waals surface area contributed by atoms with E-state index in [1.165, 1.54) is 12.1 Å². The molecule has 0 radical (unpaired) electrons. The zero-order chi connectivity index (χ0) is 16.8. The summed E-state index contributed by atoms with van der Waals surface area (Å²) in [7, 11) is 0. The number of phenols is 1. The van der Waals surface area contributed by atoms with Crippen LogP contribution >= 0.6 is 0 Å².